The van der Waals surface area contributed by atoms with Crippen LogP contribution in [-0.2, 0) is 0 Å². The third kappa shape index (κ3) is 6.13. The quantitative estimate of drug-likeness (QED) is 0.274. The summed E-state index contributed by atoms with van der Waals surface area (Å²) >= 11 is 6.54. The predicted molar refractivity (Wildman–Crippen MR) is 155 cm³/mol. The lowest BCUT2D eigenvalue weighted by Gasteiger charge is -2.24. The van der Waals surface area contributed by atoms with Crippen LogP contribution < -0.4 is 20.9 Å². The van der Waals surface area contributed by atoms with Gasteiger partial charge in [0.2, 0.25) is 0 Å². The van der Waals surface area contributed by atoms with Gasteiger partial charge in [-0.25, -0.2) is 9.97 Å². The van der Waals surface area contributed by atoms with Gasteiger partial charge in [-0.3, -0.25) is 9.59 Å². The Balaban J connectivity index is 1.59. The first kappa shape index (κ1) is 26.8. The molecule has 0 radical (unpaired) electrons. The zero-order chi connectivity index (χ0) is 27.5. The van der Waals surface area contributed by atoms with Gasteiger partial charge in [0.15, 0.2) is 0 Å². The number of carbonyl (C=O) groups excluding carboxylic acids is 1. The molecule has 0 bridgehead atoms. The largest absolute Gasteiger partial charge is 0.492 e. The Kier molecular flexibility index (Phi) is 7.95. The second-order valence-electron chi connectivity index (χ2n) is 10.2. The van der Waals surface area contributed by atoms with Crippen molar-refractivity contribution in [3.8, 4) is 16.9 Å². The van der Waals surface area contributed by atoms with E-state index in [0.29, 0.717) is 40.7 Å². The average Bonchev–Trinajstić information content (AvgIpc) is 2.88. The highest BCUT2D eigenvalue weighted by Gasteiger charge is 2.21. The summed E-state index contributed by atoms with van der Waals surface area (Å²) in [6, 6.07) is 11.3. The Labute approximate surface area is 232 Å². The van der Waals surface area contributed by atoms with Crippen LogP contribution in [0.1, 0.15) is 52.9 Å². The third-order valence-corrected chi connectivity index (χ3v) is 7.29. The van der Waals surface area contributed by atoms with Gasteiger partial charge in [0.05, 0.1) is 28.3 Å². The molecule has 1 saturated heterocycles. The standard InChI is InChI=1S/C30H32ClN5O3/c1-17-10-18(2)12-20(11-17)27-28(39-9-7-21-6-4-5-8-32-21)23-14-22(24(31)15-25(23)35-30(27)38)29(37)36-26-13-19(3)33-16-34-26/h10-16,21,32H,4-9H2,1-3H3,(H,35,38)(H,33,34,36,37). The van der Waals surface area contributed by atoms with Gasteiger partial charge in [0, 0.05) is 23.2 Å². The smallest absolute Gasteiger partial charge is 0.260 e. The van der Waals surface area contributed by atoms with Gasteiger partial charge in [0.1, 0.15) is 17.9 Å². The normalized spacial score (nSPS) is 15.3. The summed E-state index contributed by atoms with van der Waals surface area (Å²) in [6.07, 6.45) is 5.69. The van der Waals surface area contributed by atoms with Gasteiger partial charge in [0.25, 0.3) is 11.5 Å². The molecule has 1 aliphatic rings. The fraction of sp³-hybridized carbons (Fsp3) is 0.333. The van der Waals surface area contributed by atoms with Crippen molar-refractivity contribution in [1.82, 2.24) is 20.3 Å². The van der Waals surface area contributed by atoms with E-state index in [1.54, 1.807) is 18.2 Å². The number of rotatable bonds is 7. The number of aryl methyl sites for hydroxylation is 3. The molecule has 2 aromatic heterocycles. The highest BCUT2D eigenvalue weighted by molar-refractivity contribution is 6.35. The topological polar surface area (TPSA) is 109 Å². The van der Waals surface area contributed by atoms with Gasteiger partial charge in [-0.05, 0) is 64.3 Å². The molecule has 1 amide bonds. The number of amides is 1. The number of anilines is 1. The van der Waals surface area contributed by atoms with Crippen molar-refractivity contribution in [2.75, 3.05) is 18.5 Å². The number of nitrogens with one attached hydrogen (secondary N) is 3. The molecular weight excluding hydrogens is 514 g/mol. The Morgan fingerprint density at radius 2 is 1.87 bits per heavy atom. The van der Waals surface area contributed by atoms with Crippen molar-refractivity contribution < 1.29 is 9.53 Å². The van der Waals surface area contributed by atoms with Crippen LogP contribution in [0.15, 0.2) is 47.5 Å². The van der Waals surface area contributed by atoms with Crippen molar-refractivity contribution in [3.63, 3.8) is 0 Å². The van der Waals surface area contributed by atoms with Crippen LogP contribution in [0.5, 0.6) is 5.75 Å². The number of aromatic nitrogens is 3. The molecule has 8 nitrogen and oxygen atoms in total. The summed E-state index contributed by atoms with van der Waals surface area (Å²) < 4.78 is 6.42. The molecule has 202 valence electrons. The van der Waals surface area contributed by atoms with Gasteiger partial charge in [-0.2, -0.15) is 0 Å². The number of piperidine rings is 1. The van der Waals surface area contributed by atoms with E-state index < -0.39 is 5.91 Å². The summed E-state index contributed by atoms with van der Waals surface area (Å²) in [6.45, 7) is 7.25. The van der Waals surface area contributed by atoms with Crippen LogP contribution in [0.3, 0.4) is 0 Å². The van der Waals surface area contributed by atoms with Crippen LogP contribution in [0.2, 0.25) is 5.02 Å². The first-order valence-electron chi connectivity index (χ1n) is 13.2. The zero-order valence-corrected chi connectivity index (χ0v) is 23.1. The van der Waals surface area contributed by atoms with Crippen LogP contribution in [0.4, 0.5) is 5.82 Å². The van der Waals surface area contributed by atoms with E-state index in [0.717, 1.165) is 41.8 Å². The van der Waals surface area contributed by atoms with E-state index in [2.05, 4.69) is 31.7 Å². The van der Waals surface area contributed by atoms with Crippen molar-refractivity contribution in [2.24, 2.45) is 0 Å². The predicted octanol–water partition coefficient (Wildman–Crippen LogP) is 5.73. The maximum absolute atomic E-state index is 13.5. The monoisotopic (exact) mass is 545 g/mol. The summed E-state index contributed by atoms with van der Waals surface area (Å²) in [5.41, 5.74) is 4.48. The number of H-pyrrole nitrogens is 1. The molecule has 5 rings (SSSR count). The lowest BCUT2D eigenvalue weighted by molar-refractivity contribution is 0.102. The van der Waals surface area contributed by atoms with Crippen LogP contribution in [0.25, 0.3) is 22.0 Å². The average molecular weight is 546 g/mol. The fourth-order valence-corrected chi connectivity index (χ4v) is 5.42. The van der Waals surface area contributed by atoms with Crippen LogP contribution in [0, 0.1) is 20.8 Å². The van der Waals surface area contributed by atoms with Gasteiger partial charge in [-0.1, -0.05) is 47.3 Å². The van der Waals surface area contributed by atoms with E-state index >= 15 is 0 Å². The molecular formula is C30H32ClN5O3. The van der Waals surface area contributed by atoms with Crippen molar-refractivity contribution >= 4 is 34.2 Å². The Morgan fingerprint density at radius 1 is 1.08 bits per heavy atom. The molecule has 3 heterocycles. The molecule has 0 aliphatic carbocycles. The number of hydrogen-bond acceptors (Lipinski definition) is 6. The molecule has 1 atom stereocenters. The molecule has 1 fully saturated rings. The summed E-state index contributed by atoms with van der Waals surface area (Å²) in [5, 5.41) is 7.14. The molecule has 1 aliphatic heterocycles. The second-order valence-corrected chi connectivity index (χ2v) is 10.6. The Morgan fingerprint density at radius 3 is 2.59 bits per heavy atom. The van der Waals surface area contributed by atoms with Crippen molar-refractivity contribution in [3.05, 3.63) is 80.5 Å². The van der Waals surface area contributed by atoms with Gasteiger partial charge >= 0.3 is 0 Å². The van der Waals surface area contributed by atoms with E-state index in [4.69, 9.17) is 16.3 Å². The maximum Gasteiger partial charge on any atom is 0.260 e. The van der Waals surface area contributed by atoms with Crippen molar-refractivity contribution in [1.29, 1.82) is 0 Å². The molecule has 39 heavy (non-hydrogen) atoms. The van der Waals surface area contributed by atoms with E-state index in [-0.39, 0.29) is 16.1 Å². The minimum Gasteiger partial charge on any atom is -0.492 e. The van der Waals surface area contributed by atoms with E-state index in [9.17, 15) is 9.59 Å². The zero-order valence-electron chi connectivity index (χ0n) is 22.4. The number of ether oxygens (including phenoxy) is 1. The number of nitrogens with zero attached hydrogens (tertiary/aromatic N) is 2. The van der Waals surface area contributed by atoms with Gasteiger partial charge < -0.3 is 20.4 Å². The third-order valence-electron chi connectivity index (χ3n) is 6.98. The fourth-order valence-electron chi connectivity index (χ4n) is 5.17. The van der Waals surface area contributed by atoms with E-state index in [1.807, 2.05) is 32.9 Å². The molecule has 4 aromatic rings. The van der Waals surface area contributed by atoms with Crippen LogP contribution >= 0.6 is 11.6 Å². The molecule has 9 heteroatoms. The molecule has 2 aromatic carbocycles. The molecule has 3 N–H and O–H groups in total. The van der Waals surface area contributed by atoms with Crippen LogP contribution in [-0.4, -0.2) is 40.1 Å². The first-order chi connectivity index (χ1) is 18.8. The SMILES string of the molecule is Cc1cc(C)cc(-c2c(OCCC3CCCCN3)c3cc(C(=O)Nc4cc(C)ncn4)c(Cl)cc3[nH]c2=O)c1. The van der Waals surface area contributed by atoms with Crippen molar-refractivity contribution in [2.45, 2.75) is 52.5 Å². The second kappa shape index (κ2) is 11.6. The Hall–Kier alpha value is -3.75. The molecule has 1 unspecified atom stereocenters. The van der Waals surface area contributed by atoms with E-state index in [1.165, 1.54) is 19.2 Å². The summed E-state index contributed by atoms with van der Waals surface area (Å²) in [4.78, 5) is 37.9. The Bertz CT molecular complexity index is 1570. The highest BCUT2D eigenvalue weighted by atomic mass is 35.5. The highest BCUT2D eigenvalue weighted by Crippen LogP contribution is 2.37. The summed E-state index contributed by atoms with van der Waals surface area (Å²) in [5.74, 6) is 0.396. The minimum atomic E-state index is -0.420. The summed E-state index contributed by atoms with van der Waals surface area (Å²) in [7, 11) is 0. The number of hydrogen-bond donors (Lipinski definition) is 3. The maximum atomic E-state index is 13.5. The first-order valence-corrected chi connectivity index (χ1v) is 13.6. The molecule has 0 saturated carbocycles. The number of halogens is 1. The lowest BCUT2D eigenvalue weighted by atomic mass is 9.98. The minimum absolute atomic E-state index is 0.206. The number of benzene rings is 2. The number of aromatic amines is 1. The number of carbonyl (C=O) groups is 1. The molecule has 0 spiro atoms. The lowest BCUT2D eigenvalue weighted by Crippen LogP contribution is -2.35. The number of pyridine rings is 1. The number of fused-ring (bicyclic) bond motifs is 1. The van der Waals surface area contributed by atoms with Gasteiger partial charge in [-0.15, -0.1) is 0 Å².